The number of nitrogens with zero attached hydrogens (tertiary/aromatic N) is 3. The lowest BCUT2D eigenvalue weighted by molar-refractivity contribution is 0.0673. The summed E-state index contributed by atoms with van der Waals surface area (Å²) in [6, 6.07) is 0.678. The number of piperidine rings is 1. The van der Waals surface area contributed by atoms with Crippen molar-refractivity contribution in [2.45, 2.75) is 31.7 Å². The molecule has 2 saturated heterocycles. The van der Waals surface area contributed by atoms with Gasteiger partial charge in [0.05, 0.1) is 5.56 Å². The molecule has 1 unspecified atom stereocenters. The minimum Gasteiger partial charge on any atom is -0.339 e. The van der Waals surface area contributed by atoms with Crippen LogP contribution >= 0.6 is 0 Å². The first-order valence-corrected chi connectivity index (χ1v) is 7.12. The molecule has 5 nitrogen and oxygen atoms in total. The molecule has 19 heavy (non-hydrogen) atoms. The molecule has 3 rings (SSSR count). The van der Waals surface area contributed by atoms with Crippen molar-refractivity contribution in [1.29, 1.82) is 0 Å². The van der Waals surface area contributed by atoms with Crippen molar-refractivity contribution in [3.63, 3.8) is 0 Å². The number of aromatic nitrogens is 2. The van der Waals surface area contributed by atoms with E-state index in [1.807, 2.05) is 4.90 Å². The van der Waals surface area contributed by atoms with Gasteiger partial charge >= 0.3 is 0 Å². The van der Waals surface area contributed by atoms with Gasteiger partial charge in [0, 0.05) is 31.5 Å². The van der Waals surface area contributed by atoms with Crippen LogP contribution in [-0.2, 0) is 0 Å². The molecule has 0 saturated carbocycles. The van der Waals surface area contributed by atoms with Crippen LogP contribution < -0.4 is 5.32 Å². The molecule has 1 aromatic heterocycles. The van der Waals surface area contributed by atoms with E-state index in [1.54, 1.807) is 12.4 Å². The van der Waals surface area contributed by atoms with Crippen LogP contribution in [0, 0.1) is 5.92 Å². The molecule has 1 atom stereocenters. The molecule has 2 aliphatic rings. The Morgan fingerprint density at radius 2 is 1.95 bits per heavy atom. The minimum atomic E-state index is 0.0680. The van der Waals surface area contributed by atoms with Gasteiger partial charge < -0.3 is 10.2 Å². The number of hydrogen-bond acceptors (Lipinski definition) is 4. The van der Waals surface area contributed by atoms with Gasteiger partial charge in [0.25, 0.3) is 5.91 Å². The average Bonchev–Trinajstić information content (AvgIpc) is 3.02. The van der Waals surface area contributed by atoms with Crippen molar-refractivity contribution in [1.82, 2.24) is 20.2 Å². The zero-order chi connectivity index (χ0) is 13.1. The second-order valence-electron chi connectivity index (χ2n) is 5.46. The smallest absolute Gasteiger partial charge is 0.256 e. The van der Waals surface area contributed by atoms with Gasteiger partial charge in [-0.25, -0.2) is 9.97 Å². The number of nitrogens with one attached hydrogen (secondary N) is 1. The van der Waals surface area contributed by atoms with E-state index in [4.69, 9.17) is 0 Å². The molecular weight excluding hydrogens is 240 g/mol. The van der Waals surface area contributed by atoms with Crippen molar-refractivity contribution in [2.75, 3.05) is 19.6 Å². The zero-order valence-electron chi connectivity index (χ0n) is 11.1. The van der Waals surface area contributed by atoms with E-state index in [1.165, 1.54) is 19.2 Å². The van der Waals surface area contributed by atoms with Crippen LogP contribution in [0.4, 0.5) is 0 Å². The van der Waals surface area contributed by atoms with Crippen LogP contribution in [0.3, 0.4) is 0 Å². The highest BCUT2D eigenvalue weighted by atomic mass is 16.2. The molecule has 0 aliphatic carbocycles. The number of rotatable bonds is 2. The minimum absolute atomic E-state index is 0.0680. The third kappa shape index (κ3) is 2.76. The van der Waals surface area contributed by atoms with Crippen LogP contribution in [0.25, 0.3) is 0 Å². The summed E-state index contributed by atoms with van der Waals surface area (Å²) in [4.78, 5) is 22.0. The fourth-order valence-corrected chi connectivity index (χ4v) is 3.21. The molecule has 0 aromatic carbocycles. The number of amides is 1. The Labute approximate surface area is 113 Å². The Morgan fingerprint density at radius 1 is 1.21 bits per heavy atom. The maximum absolute atomic E-state index is 12.3. The largest absolute Gasteiger partial charge is 0.339 e. The van der Waals surface area contributed by atoms with Crippen LogP contribution in [0.5, 0.6) is 0 Å². The lowest BCUT2D eigenvalue weighted by Gasteiger charge is -2.34. The zero-order valence-corrected chi connectivity index (χ0v) is 11.1. The Balaban J connectivity index is 1.56. The summed E-state index contributed by atoms with van der Waals surface area (Å²) in [6.07, 6.45) is 9.46. The summed E-state index contributed by atoms with van der Waals surface area (Å²) in [5, 5.41) is 3.58. The van der Waals surface area contributed by atoms with Crippen molar-refractivity contribution in [3.05, 3.63) is 24.3 Å². The lowest BCUT2D eigenvalue weighted by atomic mass is 9.88. The maximum atomic E-state index is 12.3. The first-order chi connectivity index (χ1) is 9.34. The maximum Gasteiger partial charge on any atom is 0.256 e. The Morgan fingerprint density at radius 3 is 2.58 bits per heavy atom. The molecule has 2 aliphatic heterocycles. The molecule has 1 aromatic rings. The van der Waals surface area contributed by atoms with Gasteiger partial charge in [-0.3, -0.25) is 4.79 Å². The fraction of sp³-hybridized carbons (Fsp3) is 0.643. The van der Waals surface area contributed by atoms with Crippen LogP contribution in [-0.4, -0.2) is 46.5 Å². The van der Waals surface area contributed by atoms with Crippen molar-refractivity contribution in [3.8, 4) is 0 Å². The predicted octanol–water partition coefficient (Wildman–Crippen LogP) is 1.08. The van der Waals surface area contributed by atoms with Crippen LogP contribution in [0.15, 0.2) is 18.7 Å². The number of carbonyl (C=O) groups excluding carboxylic acids is 1. The summed E-state index contributed by atoms with van der Waals surface area (Å²) in [5.41, 5.74) is 0.597. The van der Waals surface area contributed by atoms with E-state index < -0.39 is 0 Å². The van der Waals surface area contributed by atoms with E-state index in [0.717, 1.165) is 38.4 Å². The van der Waals surface area contributed by atoms with E-state index in [9.17, 15) is 4.79 Å². The topological polar surface area (TPSA) is 58.1 Å². The fourth-order valence-electron chi connectivity index (χ4n) is 3.21. The van der Waals surface area contributed by atoms with Gasteiger partial charge in [-0.05, 0) is 38.1 Å². The van der Waals surface area contributed by atoms with Gasteiger partial charge in [-0.2, -0.15) is 0 Å². The molecule has 0 spiro atoms. The highest BCUT2D eigenvalue weighted by Crippen LogP contribution is 2.26. The molecule has 5 heteroatoms. The highest BCUT2D eigenvalue weighted by molar-refractivity contribution is 5.93. The molecule has 3 heterocycles. The predicted molar refractivity (Wildman–Crippen MR) is 71.7 cm³/mol. The second kappa shape index (κ2) is 5.65. The quantitative estimate of drug-likeness (QED) is 0.864. The summed E-state index contributed by atoms with van der Waals surface area (Å²) in [6.45, 7) is 2.87. The first-order valence-electron chi connectivity index (χ1n) is 7.12. The number of likely N-dealkylation sites (tertiary alicyclic amines) is 1. The summed E-state index contributed by atoms with van der Waals surface area (Å²) >= 11 is 0. The average molecular weight is 260 g/mol. The standard InChI is InChI=1S/C14H20N4O/c19-14(12-8-15-10-16-9-12)18-6-3-11(4-7-18)13-2-1-5-17-13/h8-11,13,17H,1-7H2. The number of hydrogen-bond donors (Lipinski definition) is 1. The molecule has 102 valence electrons. The summed E-state index contributed by atoms with van der Waals surface area (Å²) in [7, 11) is 0. The monoisotopic (exact) mass is 260 g/mol. The van der Waals surface area contributed by atoms with Gasteiger partial charge in [-0.1, -0.05) is 0 Å². The Bertz CT molecular complexity index is 422. The third-order valence-electron chi connectivity index (χ3n) is 4.30. The van der Waals surface area contributed by atoms with Gasteiger partial charge in [0.2, 0.25) is 0 Å². The second-order valence-corrected chi connectivity index (χ2v) is 5.46. The van der Waals surface area contributed by atoms with Crippen LogP contribution in [0.1, 0.15) is 36.0 Å². The first kappa shape index (κ1) is 12.5. The van der Waals surface area contributed by atoms with Crippen LogP contribution in [0.2, 0.25) is 0 Å². The molecule has 0 bridgehead atoms. The van der Waals surface area contributed by atoms with Crippen molar-refractivity contribution in [2.24, 2.45) is 5.92 Å². The molecule has 1 N–H and O–H groups in total. The molecule has 2 fully saturated rings. The van der Waals surface area contributed by atoms with Crippen molar-refractivity contribution < 1.29 is 4.79 Å². The van der Waals surface area contributed by atoms with E-state index in [2.05, 4.69) is 15.3 Å². The molecular formula is C14H20N4O. The Hall–Kier alpha value is -1.49. The van der Waals surface area contributed by atoms with E-state index in [0.29, 0.717) is 11.6 Å². The van der Waals surface area contributed by atoms with E-state index >= 15 is 0 Å². The van der Waals surface area contributed by atoms with Gasteiger partial charge in [-0.15, -0.1) is 0 Å². The third-order valence-corrected chi connectivity index (χ3v) is 4.30. The van der Waals surface area contributed by atoms with E-state index in [-0.39, 0.29) is 5.91 Å². The summed E-state index contributed by atoms with van der Waals surface area (Å²) in [5.74, 6) is 0.803. The van der Waals surface area contributed by atoms with Crippen molar-refractivity contribution >= 4 is 5.91 Å². The molecule has 0 radical (unpaired) electrons. The lowest BCUT2D eigenvalue weighted by Crippen LogP contribution is -2.43. The Kier molecular flexibility index (Phi) is 3.73. The molecule has 1 amide bonds. The SMILES string of the molecule is O=C(c1cncnc1)N1CCC(C2CCCN2)CC1. The normalized spacial score (nSPS) is 24.6. The highest BCUT2D eigenvalue weighted by Gasteiger charge is 2.30. The van der Waals surface area contributed by atoms with Gasteiger partial charge in [0.15, 0.2) is 0 Å². The summed E-state index contributed by atoms with van der Waals surface area (Å²) < 4.78 is 0. The number of carbonyl (C=O) groups is 1. The van der Waals surface area contributed by atoms with Gasteiger partial charge in [0.1, 0.15) is 6.33 Å².